The van der Waals surface area contributed by atoms with Gasteiger partial charge in [0.1, 0.15) is 24.8 Å². The van der Waals surface area contributed by atoms with Crippen molar-refractivity contribution in [3.05, 3.63) is 30.4 Å². The number of nitrogens with zero attached hydrogens (tertiary/aromatic N) is 6. The average molecular weight is 286 g/mol. The van der Waals surface area contributed by atoms with E-state index in [1.807, 2.05) is 10.7 Å². The zero-order chi connectivity index (χ0) is 13.4. The summed E-state index contributed by atoms with van der Waals surface area (Å²) in [6.07, 6.45) is 7.38. The highest BCUT2D eigenvalue weighted by atomic mass is 32.1. The Morgan fingerprint density at radius 3 is 3.20 bits per heavy atom. The van der Waals surface area contributed by atoms with E-state index in [-0.39, 0.29) is 0 Å². The average Bonchev–Trinajstić information content (AvgIpc) is 3.19. The second-order valence-corrected chi connectivity index (χ2v) is 5.86. The molecule has 6 nitrogen and oxygen atoms in total. The maximum absolute atomic E-state index is 4.52. The SMILES string of the molecule is c1nc(N2CCC[C@@H]2Cn2cncn2)c2sccc2n1. The van der Waals surface area contributed by atoms with Crippen LogP contribution in [-0.2, 0) is 6.54 Å². The largest absolute Gasteiger partial charge is 0.350 e. The predicted octanol–water partition coefficient (Wildman–Crippen LogP) is 1.95. The molecule has 0 aromatic carbocycles. The van der Waals surface area contributed by atoms with Crippen LogP contribution in [0.2, 0.25) is 0 Å². The van der Waals surface area contributed by atoms with E-state index in [1.165, 1.54) is 11.1 Å². The summed E-state index contributed by atoms with van der Waals surface area (Å²) in [5, 5.41) is 6.28. The van der Waals surface area contributed by atoms with E-state index in [1.54, 1.807) is 30.3 Å². The molecular weight excluding hydrogens is 272 g/mol. The van der Waals surface area contributed by atoms with Crippen LogP contribution in [0.1, 0.15) is 12.8 Å². The number of rotatable bonds is 3. The van der Waals surface area contributed by atoms with Crippen LogP contribution in [-0.4, -0.2) is 37.3 Å². The van der Waals surface area contributed by atoms with Crippen molar-refractivity contribution in [2.24, 2.45) is 0 Å². The number of hydrogen-bond donors (Lipinski definition) is 0. The van der Waals surface area contributed by atoms with Crippen LogP contribution in [0.4, 0.5) is 5.82 Å². The molecule has 7 heteroatoms. The molecule has 1 fully saturated rings. The Balaban J connectivity index is 1.68. The summed E-state index contributed by atoms with van der Waals surface area (Å²) in [5.74, 6) is 1.06. The molecule has 0 saturated carbocycles. The van der Waals surface area contributed by atoms with Crippen LogP contribution in [0, 0.1) is 0 Å². The van der Waals surface area contributed by atoms with Gasteiger partial charge in [0.15, 0.2) is 0 Å². The third-order valence-electron chi connectivity index (χ3n) is 3.74. The van der Waals surface area contributed by atoms with Gasteiger partial charge >= 0.3 is 0 Å². The van der Waals surface area contributed by atoms with E-state index >= 15 is 0 Å². The second-order valence-electron chi connectivity index (χ2n) is 4.94. The minimum Gasteiger partial charge on any atom is -0.350 e. The van der Waals surface area contributed by atoms with Gasteiger partial charge in [-0.3, -0.25) is 4.68 Å². The molecule has 102 valence electrons. The van der Waals surface area contributed by atoms with E-state index in [4.69, 9.17) is 0 Å². The number of anilines is 1. The van der Waals surface area contributed by atoms with Crippen molar-refractivity contribution in [3.63, 3.8) is 0 Å². The zero-order valence-corrected chi connectivity index (χ0v) is 11.7. The maximum atomic E-state index is 4.52. The van der Waals surface area contributed by atoms with E-state index in [2.05, 4.69) is 30.3 Å². The molecule has 3 aromatic heterocycles. The smallest absolute Gasteiger partial charge is 0.150 e. The Morgan fingerprint density at radius 2 is 2.30 bits per heavy atom. The molecule has 3 aromatic rings. The van der Waals surface area contributed by atoms with E-state index in [0.717, 1.165) is 30.8 Å². The first-order valence-electron chi connectivity index (χ1n) is 6.69. The van der Waals surface area contributed by atoms with E-state index in [9.17, 15) is 0 Å². The molecule has 0 N–H and O–H groups in total. The Labute approximate surface area is 120 Å². The van der Waals surface area contributed by atoms with Gasteiger partial charge in [-0.15, -0.1) is 11.3 Å². The minimum absolute atomic E-state index is 0.428. The van der Waals surface area contributed by atoms with Crippen molar-refractivity contribution in [2.45, 2.75) is 25.4 Å². The third-order valence-corrected chi connectivity index (χ3v) is 4.64. The molecule has 4 heterocycles. The van der Waals surface area contributed by atoms with E-state index in [0.29, 0.717) is 6.04 Å². The zero-order valence-electron chi connectivity index (χ0n) is 10.9. The Bertz CT molecular complexity index is 707. The molecule has 1 atom stereocenters. The number of thiophene rings is 1. The topological polar surface area (TPSA) is 59.7 Å². The number of fused-ring (bicyclic) bond motifs is 1. The van der Waals surface area contributed by atoms with Gasteiger partial charge in [0, 0.05) is 6.54 Å². The fourth-order valence-corrected chi connectivity index (χ4v) is 3.68. The van der Waals surface area contributed by atoms with Crippen molar-refractivity contribution in [3.8, 4) is 0 Å². The normalized spacial score (nSPS) is 19.0. The molecule has 1 saturated heterocycles. The van der Waals surface area contributed by atoms with Crippen molar-refractivity contribution in [1.82, 2.24) is 24.7 Å². The molecule has 4 rings (SSSR count). The van der Waals surface area contributed by atoms with Crippen LogP contribution in [0.5, 0.6) is 0 Å². The van der Waals surface area contributed by atoms with Gasteiger partial charge in [-0.25, -0.2) is 15.0 Å². The van der Waals surface area contributed by atoms with Crippen LogP contribution in [0.25, 0.3) is 10.2 Å². The highest BCUT2D eigenvalue weighted by molar-refractivity contribution is 7.17. The highest BCUT2D eigenvalue weighted by Gasteiger charge is 2.27. The Morgan fingerprint density at radius 1 is 1.30 bits per heavy atom. The van der Waals surface area contributed by atoms with Gasteiger partial charge in [-0.05, 0) is 24.3 Å². The van der Waals surface area contributed by atoms with Gasteiger partial charge in [-0.1, -0.05) is 0 Å². The van der Waals surface area contributed by atoms with Crippen LogP contribution in [0.15, 0.2) is 30.4 Å². The lowest BCUT2D eigenvalue weighted by Gasteiger charge is -2.25. The summed E-state index contributed by atoms with van der Waals surface area (Å²) in [6, 6.07) is 2.48. The van der Waals surface area contributed by atoms with Crippen molar-refractivity contribution in [2.75, 3.05) is 11.4 Å². The van der Waals surface area contributed by atoms with Crippen molar-refractivity contribution in [1.29, 1.82) is 0 Å². The lowest BCUT2D eigenvalue weighted by Crippen LogP contribution is -2.33. The maximum Gasteiger partial charge on any atom is 0.150 e. The number of aromatic nitrogens is 5. The molecule has 1 aliphatic heterocycles. The molecule has 0 aliphatic carbocycles. The van der Waals surface area contributed by atoms with Gasteiger partial charge < -0.3 is 4.90 Å². The van der Waals surface area contributed by atoms with Crippen molar-refractivity contribution < 1.29 is 0 Å². The summed E-state index contributed by atoms with van der Waals surface area (Å²) in [5.41, 5.74) is 1.03. The van der Waals surface area contributed by atoms with Crippen LogP contribution < -0.4 is 4.90 Å². The minimum atomic E-state index is 0.428. The predicted molar refractivity (Wildman–Crippen MR) is 77.8 cm³/mol. The summed E-state index contributed by atoms with van der Waals surface area (Å²) in [7, 11) is 0. The fourth-order valence-electron chi connectivity index (χ4n) is 2.83. The molecule has 0 radical (unpaired) electrons. The van der Waals surface area contributed by atoms with E-state index < -0.39 is 0 Å². The molecule has 0 bridgehead atoms. The first-order chi connectivity index (χ1) is 9.92. The second kappa shape index (κ2) is 4.82. The first kappa shape index (κ1) is 11.8. The highest BCUT2D eigenvalue weighted by Crippen LogP contribution is 2.32. The molecule has 0 amide bonds. The fraction of sp³-hybridized carbons (Fsp3) is 0.385. The van der Waals surface area contributed by atoms with Gasteiger partial charge in [0.25, 0.3) is 0 Å². The quantitative estimate of drug-likeness (QED) is 0.736. The van der Waals surface area contributed by atoms with Gasteiger partial charge in [0.05, 0.1) is 22.8 Å². The molecule has 0 spiro atoms. The third kappa shape index (κ3) is 1.94. The summed E-state index contributed by atoms with van der Waals surface area (Å²) >= 11 is 1.71. The molecular formula is C13H14N6S. The van der Waals surface area contributed by atoms with Gasteiger partial charge in [0.2, 0.25) is 0 Å². The lowest BCUT2D eigenvalue weighted by atomic mass is 10.2. The molecule has 1 aliphatic rings. The monoisotopic (exact) mass is 286 g/mol. The molecule has 20 heavy (non-hydrogen) atoms. The molecule has 0 unspecified atom stereocenters. The summed E-state index contributed by atoms with van der Waals surface area (Å²) < 4.78 is 3.08. The van der Waals surface area contributed by atoms with Gasteiger partial charge in [-0.2, -0.15) is 5.10 Å². The first-order valence-corrected chi connectivity index (χ1v) is 7.57. The summed E-state index contributed by atoms with van der Waals surface area (Å²) in [4.78, 5) is 15.2. The summed E-state index contributed by atoms with van der Waals surface area (Å²) in [6.45, 7) is 1.90. The van der Waals surface area contributed by atoms with Crippen LogP contribution in [0.3, 0.4) is 0 Å². The van der Waals surface area contributed by atoms with Crippen LogP contribution >= 0.6 is 11.3 Å². The Kier molecular flexibility index (Phi) is 2.84. The lowest BCUT2D eigenvalue weighted by molar-refractivity contribution is 0.507. The number of hydrogen-bond acceptors (Lipinski definition) is 6. The van der Waals surface area contributed by atoms with Crippen molar-refractivity contribution >= 4 is 27.4 Å². The Hall–Kier alpha value is -2.02. The standard InChI is InChI=1S/C13H14N6S/c1-2-10(6-18-9-14-7-17-18)19(4-1)13-12-11(3-5-20-12)15-8-16-13/h3,5,7-10H,1-2,4,6H2/t10-/m1/s1.